The van der Waals surface area contributed by atoms with E-state index in [1.807, 2.05) is 13.0 Å². The van der Waals surface area contributed by atoms with Gasteiger partial charge in [-0.1, -0.05) is 6.07 Å². The third kappa shape index (κ3) is 2.36. The highest BCUT2D eigenvalue weighted by Gasteiger charge is 2.18. The van der Waals surface area contributed by atoms with Crippen LogP contribution in [0.4, 0.5) is 5.95 Å². The standard InChI is InChI=1S/C14H15N5O/c1-10-2-3-11(9-15)8-12(10)13-17-14(18-20-13)19-6-4-16-5-7-19/h2-3,8,16H,4-7H2,1H3. The minimum absolute atomic E-state index is 0.466. The molecule has 1 aromatic carbocycles. The maximum absolute atomic E-state index is 8.98. The van der Waals surface area contributed by atoms with Gasteiger partial charge in [0.2, 0.25) is 0 Å². The van der Waals surface area contributed by atoms with Gasteiger partial charge in [0.1, 0.15) is 0 Å². The number of nitriles is 1. The monoisotopic (exact) mass is 269 g/mol. The van der Waals surface area contributed by atoms with Crippen LogP contribution in [-0.2, 0) is 0 Å². The second-order valence-electron chi connectivity index (χ2n) is 4.78. The fraction of sp³-hybridized carbons (Fsp3) is 0.357. The van der Waals surface area contributed by atoms with E-state index in [4.69, 9.17) is 9.78 Å². The third-order valence-corrected chi connectivity index (χ3v) is 3.41. The van der Waals surface area contributed by atoms with Crippen molar-refractivity contribution >= 4 is 5.95 Å². The number of anilines is 1. The SMILES string of the molecule is Cc1ccc(C#N)cc1-c1nc(N2CCNCC2)no1. The van der Waals surface area contributed by atoms with Crippen molar-refractivity contribution in [3.63, 3.8) is 0 Å². The molecule has 1 fully saturated rings. The quantitative estimate of drug-likeness (QED) is 0.886. The second kappa shape index (κ2) is 5.31. The van der Waals surface area contributed by atoms with Crippen LogP contribution >= 0.6 is 0 Å². The Hall–Kier alpha value is -2.39. The molecule has 0 bridgehead atoms. The van der Waals surface area contributed by atoms with Gasteiger partial charge in [-0.2, -0.15) is 10.2 Å². The van der Waals surface area contributed by atoms with Crippen LogP contribution < -0.4 is 10.2 Å². The summed E-state index contributed by atoms with van der Waals surface area (Å²) in [6.45, 7) is 5.55. The smallest absolute Gasteiger partial charge is 0.266 e. The zero-order valence-electron chi connectivity index (χ0n) is 11.3. The van der Waals surface area contributed by atoms with E-state index in [0.717, 1.165) is 37.3 Å². The molecule has 1 N–H and O–H groups in total. The first kappa shape index (κ1) is 12.6. The number of piperazine rings is 1. The van der Waals surface area contributed by atoms with E-state index in [-0.39, 0.29) is 0 Å². The summed E-state index contributed by atoms with van der Waals surface area (Å²) >= 11 is 0. The molecule has 2 aromatic rings. The minimum atomic E-state index is 0.466. The number of aryl methyl sites for hydroxylation is 1. The number of hydrogen-bond acceptors (Lipinski definition) is 6. The van der Waals surface area contributed by atoms with E-state index in [9.17, 15) is 0 Å². The Morgan fingerprint density at radius 1 is 1.35 bits per heavy atom. The molecule has 0 saturated carbocycles. The lowest BCUT2D eigenvalue weighted by Gasteiger charge is -2.25. The summed E-state index contributed by atoms with van der Waals surface area (Å²) in [4.78, 5) is 6.54. The molecule has 1 aliphatic heterocycles. The molecule has 1 saturated heterocycles. The van der Waals surface area contributed by atoms with Crippen LogP contribution in [0, 0.1) is 18.3 Å². The van der Waals surface area contributed by atoms with Gasteiger partial charge >= 0.3 is 0 Å². The van der Waals surface area contributed by atoms with Crippen LogP contribution in [-0.4, -0.2) is 36.3 Å². The van der Waals surface area contributed by atoms with Crippen LogP contribution in [0.3, 0.4) is 0 Å². The van der Waals surface area contributed by atoms with Gasteiger partial charge in [-0.25, -0.2) is 0 Å². The van der Waals surface area contributed by atoms with Crippen LogP contribution in [0.1, 0.15) is 11.1 Å². The topological polar surface area (TPSA) is 78.0 Å². The van der Waals surface area contributed by atoms with Crippen molar-refractivity contribution in [1.29, 1.82) is 5.26 Å². The summed E-state index contributed by atoms with van der Waals surface area (Å²) in [5, 5.41) is 16.3. The molecule has 0 unspecified atom stereocenters. The Labute approximate surface area is 117 Å². The fourth-order valence-electron chi connectivity index (χ4n) is 2.24. The summed E-state index contributed by atoms with van der Waals surface area (Å²) in [6.07, 6.45) is 0. The van der Waals surface area contributed by atoms with Crippen molar-refractivity contribution in [2.24, 2.45) is 0 Å². The zero-order chi connectivity index (χ0) is 13.9. The molecule has 6 nitrogen and oxygen atoms in total. The highest BCUT2D eigenvalue weighted by molar-refractivity contribution is 5.62. The molecule has 0 atom stereocenters. The fourth-order valence-corrected chi connectivity index (χ4v) is 2.24. The predicted molar refractivity (Wildman–Crippen MR) is 74.3 cm³/mol. The second-order valence-corrected chi connectivity index (χ2v) is 4.78. The van der Waals surface area contributed by atoms with Crippen molar-refractivity contribution in [2.45, 2.75) is 6.92 Å². The first-order valence-electron chi connectivity index (χ1n) is 6.58. The zero-order valence-corrected chi connectivity index (χ0v) is 11.3. The van der Waals surface area contributed by atoms with Crippen molar-refractivity contribution in [2.75, 3.05) is 31.1 Å². The van der Waals surface area contributed by atoms with E-state index >= 15 is 0 Å². The van der Waals surface area contributed by atoms with Gasteiger partial charge in [-0.05, 0) is 29.8 Å². The van der Waals surface area contributed by atoms with Gasteiger partial charge in [0.25, 0.3) is 11.8 Å². The number of benzene rings is 1. The molecule has 102 valence electrons. The van der Waals surface area contributed by atoms with Crippen LogP contribution in [0.15, 0.2) is 22.7 Å². The summed E-state index contributed by atoms with van der Waals surface area (Å²) in [5.74, 6) is 1.08. The molecule has 0 amide bonds. The van der Waals surface area contributed by atoms with Crippen molar-refractivity contribution in [1.82, 2.24) is 15.5 Å². The van der Waals surface area contributed by atoms with E-state index in [1.165, 1.54) is 0 Å². The molecule has 6 heteroatoms. The first-order valence-corrected chi connectivity index (χ1v) is 6.58. The lowest BCUT2D eigenvalue weighted by atomic mass is 10.1. The lowest BCUT2D eigenvalue weighted by molar-refractivity contribution is 0.427. The normalized spacial score (nSPS) is 15.1. The van der Waals surface area contributed by atoms with Crippen LogP contribution in [0.5, 0.6) is 0 Å². The molecular formula is C14H15N5O. The molecule has 1 aliphatic rings. The molecular weight excluding hydrogens is 254 g/mol. The Balaban J connectivity index is 1.91. The number of nitrogens with zero attached hydrogens (tertiary/aromatic N) is 4. The highest BCUT2D eigenvalue weighted by Crippen LogP contribution is 2.24. The molecule has 20 heavy (non-hydrogen) atoms. The molecule has 3 rings (SSSR count). The number of nitrogens with one attached hydrogen (secondary N) is 1. The largest absolute Gasteiger partial charge is 0.336 e. The Bertz CT molecular complexity index is 652. The van der Waals surface area contributed by atoms with Crippen molar-refractivity contribution in [3.05, 3.63) is 29.3 Å². The first-order chi connectivity index (χ1) is 9.78. The van der Waals surface area contributed by atoms with Crippen molar-refractivity contribution < 1.29 is 4.52 Å². The molecule has 0 aliphatic carbocycles. The summed E-state index contributed by atoms with van der Waals surface area (Å²) in [7, 11) is 0. The average molecular weight is 269 g/mol. The maximum atomic E-state index is 8.98. The average Bonchev–Trinajstić information content (AvgIpc) is 2.98. The minimum Gasteiger partial charge on any atom is -0.336 e. The van der Waals surface area contributed by atoms with E-state index in [1.54, 1.807) is 12.1 Å². The lowest BCUT2D eigenvalue weighted by Crippen LogP contribution is -2.44. The van der Waals surface area contributed by atoms with Crippen molar-refractivity contribution in [3.8, 4) is 17.5 Å². The third-order valence-electron chi connectivity index (χ3n) is 3.41. The number of rotatable bonds is 2. The molecule has 1 aromatic heterocycles. The highest BCUT2D eigenvalue weighted by atomic mass is 16.5. The summed E-state index contributed by atoms with van der Waals surface area (Å²) < 4.78 is 5.35. The van der Waals surface area contributed by atoms with Gasteiger partial charge in [0.05, 0.1) is 11.6 Å². The van der Waals surface area contributed by atoms with Gasteiger partial charge in [-0.3, -0.25) is 0 Å². The molecule has 0 spiro atoms. The van der Waals surface area contributed by atoms with Gasteiger partial charge < -0.3 is 14.7 Å². The molecule has 0 radical (unpaired) electrons. The van der Waals surface area contributed by atoms with Gasteiger partial charge in [0, 0.05) is 31.7 Å². The van der Waals surface area contributed by atoms with Gasteiger partial charge in [0.15, 0.2) is 0 Å². The Morgan fingerprint density at radius 3 is 2.90 bits per heavy atom. The maximum Gasteiger partial charge on any atom is 0.266 e. The Morgan fingerprint density at radius 2 is 2.15 bits per heavy atom. The molecule has 2 heterocycles. The van der Waals surface area contributed by atoms with Crippen LogP contribution in [0.2, 0.25) is 0 Å². The van der Waals surface area contributed by atoms with Crippen LogP contribution in [0.25, 0.3) is 11.5 Å². The summed E-state index contributed by atoms with van der Waals surface area (Å²) in [5.41, 5.74) is 2.42. The van der Waals surface area contributed by atoms with Gasteiger partial charge in [-0.15, -0.1) is 0 Å². The number of aromatic nitrogens is 2. The summed E-state index contributed by atoms with van der Waals surface area (Å²) in [6, 6.07) is 7.58. The van der Waals surface area contributed by atoms with E-state index in [2.05, 4.69) is 26.4 Å². The van der Waals surface area contributed by atoms with E-state index in [0.29, 0.717) is 17.4 Å². The Kier molecular flexibility index (Phi) is 3.35. The van der Waals surface area contributed by atoms with E-state index < -0.39 is 0 Å². The number of hydrogen-bond donors (Lipinski definition) is 1. The predicted octanol–water partition coefficient (Wildman–Crippen LogP) is 1.33.